The van der Waals surface area contributed by atoms with E-state index >= 15 is 0 Å². The summed E-state index contributed by atoms with van der Waals surface area (Å²) < 4.78 is 21.3. The number of nitrogens with zero attached hydrogens (tertiary/aromatic N) is 1. The molecule has 1 saturated heterocycles. The molecule has 22 heavy (non-hydrogen) atoms. The Labute approximate surface area is 134 Å². The lowest BCUT2D eigenvalue weighted by molar-refractivity contribution is -0.147. The van der Waals surface area contributed by atoms with Crippen molar-refractivity contribution in [2.75, 3.05) is 60.7 Å². The highest BCUT2D eigenvalue weighted by atomic mass is 28.4. The van der Waals surface area contributed by atoms with Crippen LogP contribution in [0.5, 0.6) is 0 Å². The second-order valence-electron chi connectivity index (χ2n) is 5.51. The van der Waals surface area contributed by atoms with E-state index in [1.807, 2.05) is 6.92 Å². The molecule has 1 rings (SSSR count). The molecule has 1 aliphatic heterocycles. The number of hydrogen-bond donors (Lipinski definition) is 1. The van der Waals surface area contributed by atoms with E-state index in [-0.39, 0.29) is 11.9 Å². The summed E-state index contributed by atoms with van der Waals surface area (Å²) in [6.45, 7) is 6.88. The zero-order valence-corrected chi connectivity index (χ0v) is 15.2. The van der Waals surface area contributed by atoms with Crippen molar-refractivity contribution in [3.05, 3.63) is 0 Å². The SMILES string of the molecule is CO[Si](CCCNCC(C)C(=O)OCCN1CC1)(OC)OC. The minimum Gasteiger partial charge on any atom is -0.464 e. The summed E-state index contributed by atoms with van der Waals surface area (Å²) in [6.07, 6.45) is 0.873. The molecule has 0 spiro atoms. The van der Waals surface area contributed by atoms with Crippen molar-refractivity contribution in [1.29, 1.82) is 0 Å². The maximum Gasteiger partial charge on any atom is 0.500 e. The summed E-state index contributed by atoms with van der Waals surface area (Å²) in [4.78, 5) is 14.0. The van der Waals surface area contributed by atoms with Gasteiger partial charge in [-0.25, -0.2) is 0 Å². The molecule has 1 fully saturated rings. The van der Waals surface area contributed by atoms with E-state index in [1.54, 1.807) is 21.3 Å². The van der Waals surface area contributed by atoms with Crippen LogP contribution in [0.15, 0.2) is 0 Å². The maximum atomic E-state index is 11.8. The normalized spacial score (nSPS) is 16.5. The summed E-state index contributed by atoms with van der Waals surface area (Å²) in [5, 5.41) is 3.27. The second kappa shape index (κ2) is 10.3. The number of hydrogen-bond acceptors (Lipinski definition) is 7. The first kappa shape index (κ1) is 19.5. The van der Waals surface area contributed by atoms with E-state index < -0.39 is 8.80 Å². The molecule has 1 heterocycles. The fraction of sp³-hybridized carbons (Fsp3) is 0.929. The highest BCUT2D eigenvalue weighted by molar-refractivity contribution is 6.60. The fourth-order valence-electron chi connectivity index (χ4n) is 2.10. The van der Waals surface area contributed by atoms with E-state index in [0.29, 0.717) is 13.2 Å². The van der Waals surface area contributed by atoms with Crippen LogP contribution < -0.4 is 5.32 Å². The van der Waals surface area contributed by atoms with Crippen LogP contribution in [0.1, 0.15) is 13.3 Å². The van der Waals surface area contributed by atoms with Gasteiger partial charge >= 0.3 is 14.8 Å². The highest BCUT2D eigenvalue weighted by Crippen LogP contribution is 2.14. The van der Waals surface area contributed by atoms with Crippen LogP contribution in [-0.2, 0) is 22.8 Å². The number of ether oxygens (including phenoxy) is 1. The zero-order valence-electron chi connectivity index (χ0n) is 14.2. The Kier molecular flexibility index (Phi) is 9.14. The van der Waals surface area contributed by atoms with Crippen molar-refractivity contribution in [2.45, 2.75) is 19.4 Å². The van der Waals surface area contributed by atoms with Gasteiger partial charge in [0.25, 0.3) is 0 Å². The average molecular weight is 334 g/mol. The third-order valence-electron chi connectivity index (χ3n) is 3.81. The van der Waals surface area contributed by atoms with Crippen molar-refractivity contribution >= 4 is 14.8 Å². The zero-order chi connectivity index (χ0) is 16.4. The molecule has 7 nitrogen and oxygen atoms in total. The van der Waals surface area contributed by atoms with Gasteiger partial charge in [-0.1, -0.05) is 6.92 Å². The topological polar surface area (TPSA) is 69.0 Å². The largest absolute Gasteiger partial charge is 0.500 e. The predicted octanol–water partition coefficient (Wildman–Crippen LogP) is 0.339. The minimum absolute atomic E-state index is 0.135. The van der Waals surface area contributed by atoms with E-state index in [0.717, 1.165) is 38.6 Å². The van der Waals surface area contributed by atoms with Crippen molar-refractivity contribution in [3.8, 4) is 0 Å². The lowest BCUT2D eigenvalue weighted by atomic mass is 10.2. The smallest absolute Gasteiger partial charge is 0.464 e. The molecule has 8 heteroatoms. The van der Waals surface area contributed by atoms with Crippen LogP contribution >= 0.6 is 0 Å². The number of carbonyl (C=O) groups excluding carboxylic acids is 1. The molecule has 0 aromatic heterocycles. The number of rotatable bonds is 13. The van der Waals surface area contributed by atoms with Crippen LogP contribution in [0.2, 0.25) is 6.04 Å². The molecule has 1 unspecified atom stereocenters. The molecule has 1 aliphatic rings. The molecule has 0 radical (unpaired) electrons. The van der Waals surface area contributed by atoms with E-state index in [4.69, 9.17) is 18.0 Å². The standard InChI is InChI=1S/C14H30N2O5Si/c1-13(14(17)21-10-9-16-7-8-16)12-15-6-5-11-22(18-2,19-3)20-4/h13,15H,5-12H2,1-4H3. The molecule has 130 valence electrons. The summed E-state index contributed by atoms with van der Waals surface area (Å²) in [7, 11) is 2.37. The van der Waals surface area contributed by atoms with Crippen LogP contribution in [0, 0.1) is 5.92 Å². The first-order valence-corrected chi connectivity index (χ1v) is 9.75. The second-order valence-corrected chi connectivity index (χ2v) is 8.60. The van der Waals surface area contributed by atoms with Gasteiger partial charge in [0.1, 0.15) is 6.61 Å². The lowest BCUT2D eigenvalue weighted by Gasteiger charge is -2.24. The summed E-state index contributed by atoms with van der Waals surface area (Å²) in [5.41, 5.74) is 0. The number of esters is 1. The Morgan fingerprint density at radius 3 is 2.41 bits per heavy atom. The molecular formula is C14H30N2O5Si. The molecule has 0 aromatic carbocycles. The lowest BCUT2D eigenvalue weighted by Crippen LogP contribution is -2.43. The Hall–Kier alpha value is -0.513. The Bertz CT molecular complexity index is 316. The Morgan fingerprint density at radius 2 is 1.86 bits per heavy atom. The van der Waals surface area contributed by atoms with E-state index in [1.165, 1.54) is 0 Å². The van der Waals surface area contributed by atoms with Gasteiger partial charge in [0.05, 0.1) is 5.92 Å². The van der Waals surface area contributed by atoms with E-state index in [9.17, 15) is 4.79 Å². The van der Waals surface area contributed by atoms with Gasteiger partial charge in [0, 0.05) is 53.6 Å². The molecule has 0 aromatic rings. The molecule has 1 N–H and O–H groups in total. The molecule has 1 atom stereocenters. The van der Waals surface area contributed by atoms with Gasteiger partial charge in [0.15, 0.2) is 0 Å². The Balaban J connectivity index is 2.05. The Morgan fingerprint density at radius 1 is 1.23 bits per heavy atom. The summed E-state index contributed by atoms with van der Waals surface area (Å²) in [5.74, 6) is -0.271. The number of nitrogens with one attached hydrogen (secondary N) is 1. The van der Waals surface area contributed by atoms with Gasteiger partial charge in [-0.15, -0.1) is 0 Å². The molecular weight excluding hydrogens is 304 g/mol. The van der Waals surface area contributed by atoms with Crippen LogP contribution in [0.4, 0.5) is 0 Å². The first-order valence-electron chi connectivity index (χ1n) is 7.82. The maximum absolute atomic E-state index is 11.8. The van der Waals surface area contributed by atoms with Gasteiger partial charge in [-0.3, -0.25) is 9.69 Å². The highest BCUT2D eigenvalue weighted by Gasteiger charge is 2.36. The third kappa shape index (κ3) is 7.17. The summed E-state index contributed by atoms with van der Waals surface area (Å²) >= 11 is 0. The minimum atomic E-state index is -2.48. The number of carbonyl (C=O) groups is 1. The molecule has 0 bridgehead atoms. The molecule has 0 saturated carbocycles. The average Bonchev–Trinajstić information content (AvgIpc) is 3.35. The quantitative estimate of drug-likeness (QED) is 0.225. The van der Waals surface area contributed by atoms with Crippen LogP contribution in [-0.4, -0.2) is 80.3 Å². The van der Waals surface area contributed by atoms with Crippen molar-refractivity contribution in [2.24, 2.45) is 5.92 Å². The van der Waals surface area contributed by atoms with Crippen LogP contribution in [0.25, 0.3) is 0 Å². The predicted molar refractivity (Wildman–Crippen MR) is 85.6 cm³/mol. The van der Waals surface area contributed by atoms with Gasteiger partial charge < -0.3 is 23.3 Å². The van der Waals surface area contributed by atoms with E-state index in [2.05, 4.69) is 10.2 Å². The van der Waals surface area contributed by atoms with Gasteiger partial charge in [0.2, 0.25) is 0 Å². The van der Waals surface area contributed by atoms with Crippen molar-refractivity contribution in [3.63, 3.8) is 0 Å². The first-order chi connectivity index (χ1) is 10.6. The van der Waals surface area contributed by atoms with Gasteiger partial charge in [-0.2, -0.15) is 0 Å². The van der Waals surface area contributed by atoms with Crippen molar-refractivity contribution in [1.82, 2.24) is 10.2 Å². The molecule has 0 amide bonds. The third-order valence-corrected chi connectivity index (χ3v) is 6.65. The monoisotopic (exact) mass is 334 g/mol. The molecule has 0 aliphatic carbocycles. The fourth-order valence-corrected chi connectivity index (χ4v) is 3.82. The van der Waals surface area contributed by atoms with Crippen LogP contribution in [0.3, 0.4) is 0 Å². The van der Waals surface area contributed by atoms with Gasteiger partial charge in [-0.05, 0) is 13.0 Å². The van der Waals surface area contributed by atoms with Crippen molar-refractivity contribution < 1.29 is 22.8 Å². The summed E-state index contributed by atoms with van der Waals surface area (Å²) in [6, 6.07) is 0.748.